The number of benzene rings is 2. The third-order valence-corrected chi connectivity index (χ3v) is 6.28. The molecule has 0 aromatic heterocycles. The number of likely N-dealkylation sites (tertiary alicyclic amines) is 1. The number of urea groups is 1. The molecule has 5 rings (SSSR count). The maximum atomic E-state index is 13.3. The summed E-state index contributed by atoms with van der Waals surface area (Å²) in [6, 6.07) is 19.4. The van der Waals surface area contributed by atoms with Gasteiger partial charge in [-0.05, 0) is 30.5 Å². The summed E-state index contributed by atoms with van der Waals surface area (Å²) in [5.74, 6) is -0.416. The van der Waals surface area contributed by atoms with E-state index in [4.69, 9.17) is 5.10 Å². The number of anilines is 1. The Kier molecular flexibility index (Phi) is 4.69. The number of carbonyl (C=O) groups is 3. The zero-order valence-corrected chi connectivity index (χ0v) is 17.0. The third kappa shape index (κ3) is 3.43. The third-order valence-electron chi connectivity index (χ3n) is 6.28. The van der Waals surface area contributed by atoms with Crippen molar-refractivity contribution < 1.29 is 14.4 Å². The quantitative estimate of drug-likeness (QED) is 0.749. The van der Waals surface area contributed by atoms with E-state index in [9.17, 15) is 14.4 Å². The smallest absolute Gasteiger partial charge is 0.322 e. The predicted molar refractivity (Wildman–Crippen MR) is 115 cm³/mol. The summed E-state index contributed by atoms with van der Waals surface area (Å²) < 4.78 is 0. The van der Waals surface area contributed by atoms with Crippen LogP contribution in [0.15, 0.2) is 65.8 Å². The molecule has 31 heavy (non-hydrogen) atoms. The Balaban J connectivity index is 1.35. The summed E-state index contributed by atoms with van der Waals surface area (Å²) >= 11 is 0. The van der Waals surface area contributed by atoms with Crippen molar-refractivity contribution in [2.75, 3.05) is 18.1 Å². The maximum Gasteiger partial charge on any atom is 0.322 e. The van der Waals surface area contributed by atoms with Gasteiger partial charge in [0.2, 0.25) is 0 Å². The largest absolute Gasteiger partial charge is 0.337 e. The number of piperidine rings is 1. The lowest BCUT2D eigenvalue weighted by Crippen LogP contribution is -2.56. The highest BCUT2D eigenvalue weighted by molar-refractivity contribution is 6.39. The van der Waals surface area contributed by atoms with Crippen molar-refractivity contribution in [3.8, 4) is 0 Å². The van der Waals surface area contributed by atoms with Crippen LogP contribution in [0.3, 0.4) is 0 Å². The van der Waals surface area contributed by atoms with Crippen molar-refractivity contribution in [3.63, 3.8) is 0 Å². The summed E-state index contributed by atoms with van der Waals surface area (Å²) in [5.41, 5.74) is 1.64. The fraction of sp³-hybridized carbons (Fsp3) is 0.304. The van der Waals surface area contributed by atoms with Crippen LogP contribution in [-0.2, 0) is 9.59 Å². The summed E-state index contributed by atoms with van der Waals surface area (Å²) in [7, 11) is 0. The number of hydrazone groups is 1. The minimum Gasteiger partial charge on any atom is -0.337 e. The van der Waals surface area contributed by atoms with E-state index in [0.29, 0.717) is 38.1 Å². The first-order valence-electron chi connectivity index (χ1n) is 10.5. The van der Waals surface area contributed by atoms with E-state index in [2.05, 4.69) is 22.8 Å². The van der Waals surface area contributed by atoms with Gasteiger partial charge in [0.05, 0.1) is 11.7 Å². The predicted octanol–water partition coefficient (Wildman–Crippen LogP) is 2.19. The van der Waals surface area contributed by atoms with Crippen LogP contribution in [0.1, 0.15) is 30.9 Å². The van der Waals surface area contributed by atoms with Gasteiger partial charge in [-0.25, -0.2) is 4.79 Å². The number of amides is 4. The van der Waals surface area contributed by atoms with Crippen molar-refractivity contribution in [1.82, 2.24) is 15.5 Å². The van der Waals surface area contributed by atoms with E-state index >= 15 is 0 Å². The number of rotatable bonds is 3. The Hall–Kier alpha value is -3.68. The Labute approximate surface area is 179 Å². The number of hydrogen-bond acceptors (Lipinski definition) is 5. The molecule has 3 aliphatic heterocycles. The Morgan fingerprint density at radius 3 is 2.23 bits per heavy atom. The summed E-state index contributed by atoms with van der Waals surface area (Å²) in [5, 5.41) is 11.7. The van der Waals surface area contributed by atoms with Gasteiger partial charge < -0.3 is 10.2 Å². The second kappa shape index (κ2) is 7.54. The number of hydrogen-bond donors (Lipinski definition) is 2. The molecule has 158 valence electrons. The van der Waals surface area contributed by atoms with E-state index in [0.717, 1.165) is 11.3 Å². The molecule has 1 unspecified atom stereocenters. The number of carbonyl (C=O) groups excluding carboxylic acids is 3. The first kappa shape index (κ1) is 19.3. The molecule has 2 saturated heterocycles. The number of para-hydroxylation sites is 1. The van der Waals surface area contributed by atoms with Crippen LogP contribution in [0.4, 0.5) is 10.5 Å². The molecule has 0 saturated carbocycles. The average molecular weight is 417 g/mol. The van der Waals surface area contributed by atoms with Gasteiger partial charge in [-0.3, -0.25) is 19.9 Å². The highest BCUT2D eigenvalue weighted by Gasteiger charge is 2.49. The van der Waals surface area contributed by atoms with E-state index < -0.39 is 11.6 Å². The summed E-state index contributed by atoms with van der Waals surface area (Å²) in [6.07, 6.45) is 1.30. The van der Waals surface area contributed by atoms with Gasteiger partial charge in [-0.15, -0.1) is 0 Å². The molecular weight excluding hydrogens is 394 g/mol. The molecule has 2 N–H and O–H groups in total. The highest BCUT2D eigenvalue weighted by atomic mass is 16.2. The highest BCUT2D eigenvalue weighted by Crippen LogP contribution is 2.36. The molecule has 0 aliphatic carbocycles. The van der Waals surface area contributed by atoms with Crippen molar-refractivity contribution >= 4 is 29.2 Å². The molecule has 2 aromatic carbocycles. The topological polar surface area (TPSA) is 94.1 Å². The standard InChI is InChI=1S/C23H23N5O3/c29-20(27-13-11-23(12-14-27)21(30)24-22(31)25-23)18-15-19(16-7-3-1-4-8-16)28(26-18)17-9-5-2-6-10-17/h1-10,19H,11-15H2,(H2,24,25,30,31). The number of nitrogens with one attached hydrogen (secondary N) is 2. The normalized spacial score (nSPS) is 22.3. The first-order valence-corrected chi connectivity index (χ1v) is 10.5. The first-order chi connectivity index (χ1) is 15.1. The lowest BCUT2D eigenvalue weighted by atomic mass is 9.87. The zero-order chi connectivity index (χ0) is 21.4. The van der Waals surface area contributed by atoms with Crippen molar-refractivity contribution in [2.45, 2.75) is 30.8 Å². The minimum absolute atomic E-state index is 0.0569. The van der Waals surface area contributed by atoms with Crippen LogP contribution in [0, 0.1) is 0 Å². The van der Waals surface area contributed by atoms with E-state index in [1.165, 1.54) is 0 Å². The Morgan fingerprint density at radius 1 is 0.968 bits per heavy atom. The molecule has 2 fully saturated rings. The molecule has 0 bridgehead atoms. The lowest BCUT2D eigenvalue weighted by Gasteiger charge is -2.36. The van der Waals surface area contributed by atoms with Crippen molar-refractivity contribution in [1.29, 1.82) is 0 Å². The second-order valence-electron chi connectivity index (χ2n) is 8.14. The average Bonchev–Trinajstić information content (AvgIpc) is 3.36. The van der Waals surface area contributed by atoms with Gasteiger partial charge >= 0.3 is 6.03 Å². The fourth-order valence-electron chi connectivity index (χ4n) is 4.55. The van der Waals surface area contributed by atoms with Crippen LogP contribution >= 0.6 is 0 Å². The van der Waals surface area contributed by atoms with Gasteiger partial charge in [-0.1, -0.05) is 48.5 Å². The second-order valence-corrected chi connectivity index (χ2v) is 8.14. The van der Waals surface area contributed by atoms with Gasteiger partial charge in [0.25, 0.3) is 11.8 Å². The molecule has 0 radical (unpaired) electrons. The monoisotopic (exact) mass is 417 g/mol. The zero-order valence-electron chi connectivity index (χ0n) is 17.0. The molecule has 8 heteroatoms. The molecule has 1 atom stereocenters. The molecule has 3 heterocycles. The van der Waals surface area contributed by atoms with E-state index in [1.54, 1.807) is 4.90 Å². The number of nitrogens with zero attached hydrogens (tertiary/aromatic N) is 3. The Bertz CT molecular complexity index is 1050. The van der Waals surface area contributed by atoms with Crippen LogP contribution in [0.5, 0.6) is 0 Å². The van der Waals surface area contributed by atoms with Crippen molar-refractivity contribution in [3.05, 3.63) is 66.2 Å². The van der Waals surface area contributed by atoms with Gasteiger partial charge in [0.15, 0.2) is 0 Å². The van der Waals surface area contributed by atoms with E-state index in [-0.39, 0.29) is 17.9 Å². The summed E-state index contributed by atoms with van der Waals surface area (Å²) in [4.78, 5) is 38.7. The fourth-order valence-corrected chi connectivity index (χ4v) is 4.55. The number of imide groups is 1. The van der Waals surface area contributed by atoms with Gasteiger partial charge in [0.1, 0.15) is 11.3 Å². The molecule has 2 aromatic rings. The summed E-state index contributed by atoms with van der Waals surface area (Å²) in [6.45, 7) is 0.791. The lowest BCUT2D eigenvalue weighted by molar-refractivity contribution is -0.131. The molecule has 1 spiro atoms. The van der Waals surface area contributed by atoms with Crippen LogP contribution in [0.2, 0.25) is 0 Å². The Morgan fingerprint density at radius 2 is 1.61 bits per heavy atom. The maximum absolute atomic E-state index is 13.3. The van der Waals surface area contributed by atoms with Crippen LogP contribution in [0.25, 0.3) is 0 Å². The molecule has 8 nitrogen and oxygen atoms in total. The molecule has 3 aliphatic rings. The molecular formula is C23H23N5O3. The molecule has 4 amide bonds. The van der Waals surface area contributed by atoms with Crippen molar-refractivity contribution in [2.24, 2.45) is 5.10 Å². The SMILES string of the molecule is O=C1NC(=O)C2(CCN(C(=O)C3=NN(c4ccccc4)C(c4ccccc4)C3)CC2)N1. The van der Waals surface area contributed by atoms with E-state index in [1.807, 2.05) is 53.5 Å². The van der Waals surface area contributed by atoms with Gasteiger partial charge in [0, 0.05) is 19.5 Å². The van der Waals surface area contributed by atoms with Crippen LogP contribution in [-0.4, -0.2) is 47.1 Å². The van der Waals surface area contributed by atoms with Gasteiger partial charge in [-0.2, -0.15) is 5.10 Å². The minimum atomic E-state index is -0.895. The van der Waals surface area contributed by atoms with Crippen LogP contribution < -0.4 is 15.6 Å².